The zero-order valence-electron chi connectivity index (χ0n) is 23.0. The SMILES string of the molecule is C=CCN(C)C(=O)[C@@H]1[C@H]2C(=O)N([C@@H](CO)Cc3ccccc3)C(C(=O)N(CC=C)C(C)(C)C)C23CC[C@H]1O3. The summed E-state index contributed by atoms with van der Waals surface area (Å²) in [5, 5.41) is 10.6. The summed E-state index contributed by atoms with van der Waals surface area (Å²) in [5.74, 6) is -2.18. The van der Waals surface area contributed by atoms with Crippen molar-refractivity contribution < 1.29 is 24.2 Å². The minimum Gasteiger partial charge on any atom is -0.394 e. The van der Waals surface area contributed by atoms with Crippen LogP contribution >= 0.6 is 0 Å². The van der Waals surface area contributed by atoms with Crippen molar-refractivity contribution in [2.24, 2.45) is 11.8 Å². The molecule has 3 heterocycles. The van der Waals surface area contributed by atoms with Gasteiger partial charge in [-0.05, 0) is 45.6 Å². The van der Waals surface area contributed by atoms with Crippen LogP contribution in [0.2, 0.25) is 0 Å². The number of hydrogen-bond donors (Lipinski definition) is 1. The van der Waals surface area contributed by atoms with Gasteiger partial charge in [-0.15, -0.1) is 13.2 Å². The van der Waals surface area contributed by atoms with Gasteiger partial charge in [-0.25, -0.2) is 0 Å². The van der Waals surface area contributed by atoms with Gasteiger partial charge in [-0.3, -0.25) is 14.4 Å². The van der Waals surface area contributed by atoms with Crippen molar-refractivity contribution in [3.63, 3.8) is 0 Å². The number of aliphatic hydroxyl groups is 1. The number of ether oxygens (including phenoxy) is 1. The molecule has 8 heteroatoms. The number of aliphatic hydroxyl groups excluding tert-OH is 1. The van der Waals surface area contributed by atoms with Crippen molar-refractivity contribution in [1.29, 1.82) is 0 Å². The molecule has 0 saturated carbocycles. The van der Waals surface area contributed by atoms with E-state index < -0.39 is 41.2 Å². The van der Waals surface area contributed by atoms with E-state index in [1.54, 1.807) is 33.9 Å². The number of benzene rings is 1. The van der Waals surface area contributed by atoms with Crippen molar-refractivity contribution in [3.05, 3.63) is 61.2 Å². The van der Waals surface area contributed by atoms with Crippen LogP contribution in [0.3, 0.4) is 0 Å². The first kappa shape index (κ1) is 28.0. The van der Waals surface area contributed by atoms with Gasteiger partial charge < -0.3 is 24.5 Å². The number of amides is 3. The van der Waals surface area contributed by atoms with Crippen LogP contribution in [0.25, 0.3) is 0 Å². The Morgan fingerprint density at radius 2 is 1.84 bits per heavy atom. The van der Waals surface area contributed by atoms with Gasteiger partial charge in [-0.2, -0.15) is 0 Å². The predicted molar refractivity (Wildman–Crippen MR) is 145 cm³/mol. The maximum atomic E-state index is 14.5. The van der Waals surface area contributed by atoms with Crippen LogP contribution < -0.4 is 0 Å². The molecule has 3 fully saturated rings. The fourth-order valence-electron chi connectivity index (χ4n) is 6.69. The molecule has 1 aromatic rings. The molecule has 1 aromatic carbocycles. The van der Waals surface area contributed by atoms with Crippen LogP contribution in [-0.4, -0.2) is 93.6 Å². The average molecular weight is 524 g/mol. The summed E-state index contributed by atoms with van der Waals surface area (Å²) in [5.41, 5.74) is -0.718. The Balaban J connectivity index is 1.81. The molecular formula is C30H41N3O5. The quantitative estimate of drug-likeness (QED) is 0.476. The number of likely N-dealkylation sites (tertiary alicyclic amines) is 1. The lowest BCUT2D eigenvalue weighted by Gasteiger charge is -2.43. The molecule has 2 bridgehead atoms. The van der Waals surface area contributed by atoms with Crippen molar-refractivity contribution >= 4 is 17.7 Å². The van der Waals surface area contributed by atoms with Gasteiger partial charge in [-0.1, -0.05) is 42.5 Å². The Morgan fingerprint density at radius 1 is 1.18 bits per heavy atom. The molecule has 3 amide bonds. The van der Waals surface area contributed by atoms with Gasteiger partial charge in [0.25, 0.3) is 0 Å². The van der Waals surface area contributed by atoms with E-state index in [1.807, 2.05) is 51.1 Å². The Bertz CT molecular complexity index is 1080. The number of nitrogens with zero attached hydrogens (tertiary/aromatic N) is 3. The largest absolute Gasteiger partial charge is 0.394 e. The minimum absolute atomic E-state index is 0.176. The molecule has 8 nitrogen and oxygen atoms in total. The molecular weight excluding hydrogens is 482 g/mol. The first-order valence-electron chi connectivity index (χ1n) is 13.4. The molecule has 4 rings (SSSR count). The third-order valence-corrected chi connectivity index (χ3v) is 8.34. The van der Waals surface area contributed by atoms with Gasteiger partial charge >= 0.3 is 0 Å². The zero-order chi connectivity index (χ0) is 27.8. The Morgan fingerprint density at radius 3 is 2.42 bits per heavy atom. The summed E-state index contributed by atoms with van der Waals surface area (Å²) >= 11 is 0. The number of fused-ring (bicyclic) bond motifs is 1. The van der Waals surface area contributed by atoms with E-state index in [0.29, 0.717) is 32.4 Å². The molecule has 2 unspecified atom stereocenters. The minimum atomic E-state index is -1.12. The number of rotatable bonds is 10. The lowest BCUT2D eigenvalue weighted by atomic mass is 9.70. The molecule has 3 aliphatic heterocycles. The van der Waals surface area contributed by atoms with Crippen molar-refractivity contribution in [2.75, 3.05) is 26.7 Å². The molecule has 206 valence electrons. The summed E-state index contributed by atoms with van der Waals surface area (Å²) in [6, 6.07) is 8.01. The fraction of sp³-hybridized carbons (Fsp3) is 0.567. The Kier molecular flexibility index (Phi) is 7.86. The number of carbonyl (C=O) groups excluding carboxylic acids is 3. The smallest absolute Gasteiger partial charge is 0.249 e. The molecule has 38 heavy (non-hydrogen) atoms. The standard InChI is InChI=1S/C30H41N3O5/c1-7-16-31(6)26(35)23-22-14-15-30(38-22)24(23)27(36)33(21(19-34)18-20-12-10-9-11-13-20)25(30)28(37)32(17-8-2)29(3,4)5/h7-13,21-25,34H,1-2,14-19H2,3-6H3/t21-,22-,23+,24+,25?,30?/m1/s1. The summed E-state index contributed by atoms with van der Waals surface area (Å²) < 4.78 is 6.58. The van der Waals surface area contributed by atoms with Gasteiger partial charge in [0.2, 0.25) is 17.7 Å². The zero-order valence-corrected chi connectivity index (χ0v) is 23.0. The van der Waals surface area contributed by atoms with Crippen LogP contribution in [0, 0.1) is 11.8 Å². The summed E-state index contributed by atoms with van der Waals surface area (Å²) in [6.45, 7) is 13.8. The van der Waals surface area contributed by atoms with Crippen LogP contribution in [0.4, 0.5) is 0 Å². The fourth-order valence-corrected chi connectivity index (χ4v) is 6.69. The van der Waals surface area contributed by atoms with Crippen molar-refractivity contribution in [1.82, 2.24) is 14.7 Å². The number of hydrogen-bond acceptors (Lipinski definition) is 5. The van der Waals surface area contributed by atoms with E-state index in [2.05, 4.69) is 13.2 Å². The molecule has 1 N–H and O–H groups in total. The van der Waals surface area contributed by atoms with Gasteiger partial charge in [0, 0.05) is 25.7 Å². The van der Waals surface area contributed by atoms with Crippen LogP contribution in [0.1, 0.15) is 39.2 Å². The highest BCUT2D eigenvalue weighted by Gasteiger charge is 2.75. The highest BCUT2D eigenvalue weighted by atomic mass is 16.5. The summed E-state index contributed by atoms with van der Waals surface area (Å²) in [6.07, 6.45) is 4.38. The summed E-state index contributed by atoms with van der Waals surface area (Å²) in [4.78, 5) is 47.2. The van der Waals surface area contributed by atoms with Gasteiger partial charge in [0.15, 0.2) is 0 Å². The van der Waals surface area contributed by atoms with E-state index >= 15 is 0 Å². The normalized spacial score (nSPS) is 28.7. The maximum Gasteiger partial charge on any atom is 0.249 e. The highest BCUT2D eigenvalue weighted by Crippen LogP contribution is 2.59. The molecule has 0 aromatic heterocycles. The number of carbonyl (C=O) groups is 3. The lowest BCUT2D eigenvalue weighted by Crippen LogP contribution is -2.62. The second kappa shape index (κ2) is 10.7. The molecule has 1 spiro atoms. The van der Waals surface area contributed by atoms with Gasteiger partial charge in [0.1, 0.15) is 11.6 Å². The van der Waals surface area contributed by atoms with Crippen molar-refractivity contribution in [3.8, 4) is 0 Å². The second-order valence-corrected chi connectivity index (χ2v) is 11.7. The molecule has 3 aliphatic rings. The monoisotopic (exact) mass is 523 g/mol. The molecule has 3 saturated heterocycles. The topological polar surface area (TPSA) is 90.4 Å². The first-order valence-corrected chi connectivity index (χ1v) is 13.4. The maximum absolute atomic E-state index is 14.5. The third kappa shape index (κ3) is 4.58. The van der Waals surface area contributed by atoms with E-state index in [4.69, 9.17) is 4.74 Å². The predicted octanol–water partition coefficient (Wildman–Crippen LogP) is 2.42. The number of likely N-dealkylation sites (N-methyl/N-ethyl adjacent to an activating group) is 1. The molecule has 0 aliphatic carbocycles. The van der Waals surface area contributed by atoms with E-state index in [1.165, 1.54) is 0 Å². The Labute approximate surface area is 225 Å². The lowest BCUT2D eigenvalue weighted by molar-refractivity contribution is -0.154. The third-order valence-electron chi connectivity index (χ3n) is 8.34. The van der Waals surface area contributed by atoms with E-state index in [0.717, 1.165) is 5.56 Å². The van der Waals surface area contributed by atoms with E-state index in [-0.39, 0.29) is 24.3 Å². The van der Waals surface area contributed by atoms with Crippen molar-refractivity contribution in [2.45, 2.75) is 69.4 Å². The highest BCUT2D eigenvalue weighted by molar-refractivity contribution is 5.99. The molecule has 0 radical (unpaired) electrons. The first-order chi connectivity index (χ1) is 18.0. The van der Waals surface area contributed by atoms with Crippen LogP contribution in [0.5, 0.6) is 0 Å². The molecule has 6 atom stereocenters. The Hall–Kier alpha value is -2.97. The second-order valence-electron chi connectivity index (χ2n) is 11.7. The van der Waals surface area contributed by atoms with Crippen LogP contribution in [-0.2, 0) is 25.5 Å². The van der Waals surface area contributed by atoms with E-state index in [9.17, 15) is 19.5 Å². The van der Waals surface area contributed by atoms with Crippen LogP contribution in [0.15, 0.2) is 55.6 Å². The average Bonchev–Trinajstić information content (AvgIpc) is 3.52. The summed E-state index contributed by atoms with van der Waals surface area (Å²) in [7, 11) is 1.69. The van der Waals surface area contributed by atoms with Gasteiger partial charge in [0.05, 0.1) is 30.6 Å².